The van der Waals surface area contributed by atoms with Crippen LogP contribution in [-0.2, 0) is 13.1 Å². The van der Waals surface area contributed by atoms with E-state index in [0.717, 1.165) is 5.56 Å². The van der Waals surface area contributed by atoms with E-state index in [4.69, 9.17) is 5.73 Å². The molecule has 1 aromatic carbocycles. The summed E-state index contributed by atoms with van der Waals surface area (Å²) in [4.78, 5) is 24.3. The van der Waals surface area contributed by atoms with E-state index in [1.54, 1.807) is 0 Å². The Balaban J connectivity index is 2.42. The minimum Gasteiger partial charge on any atom is -0.393 e. The van der Waals surface area contributed by atoms with Gasteiger partial charge < -0.3 is 5.73 Å². The van der Waals surface area contributed by atoms with E-state index in [2.05, 4.69) is 13.8 Å². The lowest BCUT2D eigenvalue weighted by molar-refractivity contribution is 0.603. The van der Waals surface area contributed by atoms with Gasteiger partial charge in [0.05, 0.1) is 6.54 Å². The van der Waals surface area contributed by atoms with Gasteiger partial charge >= 0.3 is 5.69 Å². The molecule has 0 aliphatic carbocycles. The highest BCUT2D eigenvalue weighted by Gasteiger charge is 2.09. The van der Waals surface area contributed by atoms with Crippen molar-refractivity contribution in [3.63, 3.8) is 0 Å². The summed E-state index contributed by atoms with van der Waals surface area (Å²) in [5, 5.41) is 0. The van der Waals surface area contributed by atoms with Gasteiger partial charge in [0.1, 0.15) is 5.69 Å². The van der Waals surface area contributed by atoms with E-state index >= 15 is 0 Å². The first-order valence-electron chi connectivity index (χ1n) is 7.12. The third-order valence-corrected chi connectivity index (χ3v) is 3.59. The molecule has 1 aromatic heterocycles. The average Bonchev–Trinajstić information content (AvgIpc) is 2.47. The maximum absolute atomic E-state index is 12.2. The third kappa shape index (κ3) is 3.07. The SMILES string of the molecule is CCn1cc(N)c(=O)n(Cc2ccc(C(C)C)cc2)c1=O. The van der Waals surface area contributed by atoms with Crippen LogP contribution in [-0.4, -0.2) is 9.13 Å². The van der Waals surface area contributed by atoms with E-state index in [0.29, 0.717) is 12.5 Å². The number of aromatic nitrogens is 2. The molecule has 0 aliphatic heterocycles. The minimum absolute atomic E-state index is 0.0928. The molecule has 112 valence electrons. The Morgan fingerprint density at radius 3 is 2.29 bits per heavy atom. The second-order valence-corrected chi connectivity index (χ2v) is 5.44. The maximum atomic E-state index is 12.2. The molecule has 21 heavy (non-hydrogen) atoms. The number of nitrogen functional groups attached to an aromatic ring is 1. The van der Waals surface area contributed by atoms with Crippen molar-refractivity contribution in [3.8, 4) is 0 Å². The molecule has 0 fully saturated rings. The van der Waals surface area contributed by atoms with Crippen LogP contribution in [0.25, 0.3) is 0 Å². The number of nitrogens with two attached hydrogens (primary N) is 1. The number of hydrogen-bond acceptors (Lipinski definition) is 3. The van der Waals surface area contributed by atoms with E-state index in [-0.39, 0.29) is 17.9 Å². The average molecular weight is 287 g/mol. The van der Waals surface area contributed by atoms with Gasteiger partial charge in [-0.25, -0.2) is 4.79 Å². The van der Waals surface area contributed by atoms with Crippen LogP contribution in [0.3, 0.4) is 0 Å². The summed E-state index contributed by atoms with van der Waals surface area (Å²) >= 11 is 0. The van der Waals surface area contributed by atoms with Crippen LogP contribution >= 0.6 is 0 Å². The lowest BCUT2D eigenvalue weighted by Gasteiger charge is -2.11. The van der Waals surface area contributed by atoms with Crippen LogP contribution in [0.1, 0.15) is 37.8 Å². The van der Waals surface area contributed by atoms with Crippen LogP contribution in [0.15, 0.2) is 40.1 Å². The predicted molar refractivity (Wildman–Crippen MR) is 84.7 cm³/mol. The van der Waals surface area contributed by atoms with Gasteiger partial charge in [-0.2, -0.15) is 0 Å². The monoisotopic (exact) mass is 287 g/mol. The molecule has 0 aliphatic rings. The first-order chi connectivity index (χ1) is 9.93. The van der Waals surface area contributed by atoms with Crippen LogP contribution in [0.5, 0.6) is 0 Å². The molecule has 0 spiro atoms. The van der Waals surface area contributed by atoms with Gasteiger partial charge in [0.15, 0.2) is 0 Å². The molecule has 2 N–H and O–H groups in total. The van der Waals surface area contributed by atoms with Crippen molar-refractivity contribution >= 4 is 5.69 Å². The summed E-state index contributed by atoms with van der Waals surface area (Å²) < 4.78 is 2.63. The van der Waals surface area contributed by atoms with E-state index in [1.807, 2.05) is 31.2 Å². The molecule has 0 saturated heterocycles. The highest BCUT2D eigenvalue weighted by atomic mass is 16.2. The normalized spacial score (nSPS) is 11.0. The highest BCUT2D eigenvalue weighted by molar-refractivity contribution is 5.32. The number of benzene rings is 1. The Morgan fingerprint density at radius 1 is 1.14 bits per heavy atom. The van der Waals surface area contributed by atoms with Gasteiger partial charge in [-0.15, -0.1) is 0 Å². The molecule has 0 bridgehead atoms. The molecule has 0 amide bonds. The molecule has 2 aromatic rings. The summed E-state index contributed by atoms with van der Waals surface area (Å²) in [7, 11) is 0. The number of aryl methyl sites for hydroxylation is 1. The number of nitrogens with zero attached hydrogens (tertiary/aromatic N) is 2. The van der Waals surface area contributed by atoms with E-state index < -0.39 is 5.56 Å². The van der Waals surface area contributed by atoms with Crippen molar-refractivity contribution in [1.29, 1.82) is 0 Å². The van der Waals surface area contributed by atoms with Gasteiger partial charge in [0.25, 0.3) is 5.56 Å². The standard InChI is InChI=1S/C16H21N3O2/c1-4-18-10-14(17)15(20)19(16(18)21)9-12-5-7-13(8-6-12)11(2)3/h5-8,10-11H,4,9,17H2,1-3H3. The summed E-state index contributed by atoms with van der Waals surface area (Å²) in [6, 6.07) is 7.94. The molecule has 0 saturated carbocycles. The summed E-state index contributed by atoms with van der Waals surface area (Å²) in [6.45, 7) is 6.80. The maximum Gasteiger partial charge on any atom is 0.331 e. The van der Waals surface area contributed by atoms with Crippen molar-refractivity contribution in [2.45, 2.75) is 39.8 Å². The van der Waals surface area contributed by atoms with Crippen LogP contribution < -0.4 is 17.0 Å². The fourth-order valence-electron chi connectivity index (χ4n) is 2.23. The molecule has 0 radical (unpaired) electrons. The summed E-state index contributed by atoms with van der Waals surface area (Å²) in [5.74, 6) is 0.450. The van der Waals surface area contributed by atoms with Gasteiger partial charge in [-0.1, -0.05) is 38.1 Å². The predicted octanol–water partition coefficient (Wildman–Crippen LogP) is 1.78. The van der Waals surface area contributed by atoms with Gasteiger partial charge in [0, 0.05) is 12.7 Å². The van der Waals surface area contributed by atoms with Crippen molar-refractivity contribution in [2.24, 2.45) is 0 Å². The molecule has 5 nitrogen and oxygen atoms in total. The second kappa shape index (κ2) is 5.99. The topological polar surface area (TPSA) is 70.0 Å². The molecule has 5 heteroatoms. The Kier molecular flexibility index (Phi) is 4.31. The fourth-order valence-corrected chi connectivity index (χ4v) is 2.23. The van der Waals surface area contributed by atoms with Gasteiger partial charge in [-0.3, -0.25) is 13.9 Å². The van der Waals surface area contributed by atoms with Crippen LogP contribution in [0.4, 0.5) is 5.69 Å². The fraction of sp³-hybridized carbons (Fsp3) is 0.375. The Morgan fingerprint density at radius 2 is 1.76 bits per heavy atom. The van der Waals surface area contributed by atoms with E-state index in [1.165, 1.54) is 20.9 Å². The van der Waals surface area contributed by atoms with Crippen molar-refractivity contribution < 1.29 is 0 Å². The first-order valence-corrected chi connectivity index (χ1v) is 7.12. The van der Waals surface area contributed by atoms with Crippen molar-refractivity contribution in [2.75, 3.05) is 5.73 Å². The van der Waals surface area contributed by atoms with Gasteiger partial charge in [-0.05, 0) is 24.0 Å². The number of anilines is 1. The lowest BCUT2D eigenvalue weighted by Crippen LogP contribution is -2.40. The molecule has 2 rings (SSSR count). The molecule has 0 unspecified atom stereocenters. The molecule has 1 heterocycles. The molecule has 0 atom stereocenters. The summed E-state index contributed by atoms with van der Waals surface area (Å²) in [6.07, 6.45) is 1.41. The molecular formula is C16H21N3O2. The Bertz CT molecular complexity index is 740. The highest BCUT2D eigenvalue weighted by Crippen LogP contribution is 2.14. The number of hydrogen-bond donors (Lipinski definition) is 1. The Labute approximate surface area is 123 Å². The largest absolute Gasteiger partial charge is 0.393 e. The third-order valence-electron chi connectivity index (χ3n) is 3.59. The quantitative estimate of drug-likeness (QED) is 0.932. The zero-order chi connectivity index (χ0) is 15.6. The lowest BCUT2D eigenvalue weighted by atomic mass is 10.0. The zero-order valence-corrected chi connectivity index (χ0v) is 12.7. The van der Waals surface area contributed by atoms with E-state index in [9.17, 15) is 9.59 Å². The zero-order valence-electron chi connectivity index (χ0n) is 12.7. The summed E-state index contributed by atoms with van der Waals surface area (Å²) in [5.41, 5.74) is 7.16. The smallest absolute Gasteiger partial charge is 0.331 e. The minimum atomic E-state index is -0.433. The first kappa shape index (κ1) is 15.1. The van der Waals surface area contributed by atoms with Crippen LogP contribution in [0, 0.1) is 0 Å². The van der Waals surface area contributed by atoms with Crippen LogP contribution in [0.2, 0.25) is 0 Å². The number of rotatable bonds is 4. The van der Waals surface area contributed by atoms with Gasteiger partial charge in [0.2, 0.25) is 0 Å². The second-order valence-electron chi connectivity index (χ2n) is 5.44. The van der Waals surface area contributed by atoms with Crippen molar-refractivity contribution in [3.05, 3.63) is 62.4 Å². The molecular weight excluding hydrogens is 266 g/mol. The van der Waals surface area contributed by atoms with Crippen molar-refractivity contribution in [1.82, 2.24) is 9.13 Å². The Hall–Kier alpha value is -2.30.